The Hall–Kier alpha value is -7.86. The Morgan fingerprint density at radius 3 is 1.95 bits per heavy atom. The number of nitrogens with two attached hydrogens (primary N) is 1. The van der Waals surface area contributed by atoms with Crippen LogP contribution in [0.5, 0.6) is 11.5 Å². The number of aromatic nitrogens is 1. The van der Waals surface area contributed by atoms with Crippen molar-refractivity contribution >= 4 is 46.7 Å². The molecule has 0 saturated carbocycles. The minimum atomic E-state index is -1.26. The molecule has 0 radical (unpaired) electrons. The zero-order valence-electron chi connectivity index (χ0n) is 32.9. The first kappa shape index (κ1) is 43.3. The lowest BCUT2D eigenvalue weighted by Gasteiger charge is -2.18. The van der Waals surface area contributed by atoms with E-state index in [-0.39, 0.29) is 58.7 Å². The summed E-state index contributed by atoms with van der Waals surface area (Å²) in [6, 6.07) is 22.9. The highest BCUT2D eigenvalue weighted by Crippen LogP contribution is 2.36. The molecule has 15 heteroatoms. The van der Waals surface area contributed by atoms with E-state index in [9.17, 15) is 38.7 Å². The Morgan fingerprint density at radius 1 is 0.783 bits per heavy atom. The fraction of sp³-hybridized carbons (Fsp3) is 0.200. The fourth-order valence-corrected chi connectivity index (χ4v) is 6.24. The molecule has 3 amide bonds. The Bertz CT molecular complexity index is 2520. The number of Topliss-reactive ketones (excluding diaryl/α,β-unsaturated/α-hetero) is 3. The Kier molecular flexibility index (Phi) is 13.7. The van der Waals surface area contributed by atoms with Gasteiger partial charge in [0, 0.05) is 54.9 Å². The summed E-state index contributed by atoms with van der Waals surface area (Å²) >= 11 is 0. The number of carboxylic acid groups (broad SMARTS) is 1. The van der Waals surface area contributed by atoms with Gasteiger partial charge >= 0.3 is 5.97 Å². The van der Waals surface area contributed by atoms with Crippen molar-refractivity contribution in [1.29, 1.82) is 5.26 Å². The van der Waals surface area contributed by atoms with E-state index < -0.39 is 59.6 Å². The van der Waals surface area contributed by atoms with Crippen molar-refractivity contribution < 1.29 is 48.5 Å². The standard InChI is InChI=1S/C45H41N5O10/c1-25(2)60-42-32(14-17-34(41(42)55)38(52)19-26-6-10-31(11-7-26)45(58)59)21-37(51)29-8-4-27(5-9-29)20-39(53)35(22-40(47)54)49-43(56)30-12-15-33(16-13-30)48-44(57)36-18-28(23-46)24-50(36)3/h4-18,24-25,35,55H,19-22H2,1-3H3,(H2,47,54)(H,48,57)(H,49,56)(H,58,59)/t35-/m0/s1. The van der Waals surface area contributed by atoms with Gasteiger partial charge in [-0.3, -0.25) is 28.8 Å². The third kappa shape index (κ3) is 11.0. The molecule has 1 heterocycles. The average Bonchev–Trinajstić information content (AvgIpc) is 3.60. The minimum absolute atomic E-state index is 0.0168. The lowest BCUT2D eigenvalue weighted by Crippen LogP contribution is -2.44. The van der Waals surface area contributed by atoms with Crippen LogP contribution in [-0.2, 0) is 35.9 Å². The summed E-state index contributed by atoms with van der Waals surface area (Å²) in [5.74, 6) is -4.78. The number of amides is 3. The third-order valence-electron chi connectivity index (χ3n) is 9.31. The number of hydrogen-bond acceptors (Lipinski definition) is 10. The van der Waals surface area contributed by atoms with Crippen molar-refractivity contribution in [3.05, 3.63) is 147 Å². The van der Waals surface area contributed by atoms with E-state index in [1.165, 1.54) is 89.6 Å². The third-order valence-corrected chi connectivity index (χ3v) is 9.31. The second-order valence-electron chi connectivity index (χ2n) is 14.2. The van der Waals surface area contributed by atoms with Gasteiger partial charge in [-0.25, -0.2) is 4.79 Å². The first-order valence-corrected chi connectivity index (χ1v) is 18.6. The molecular formula is C45H41N5O10. The molecule has 0 aliphatic heterocycles. The summed E-state index contributed by atoms with van der Waals surface area (Å²) < 4.78 is 7.37. The van der Waals surface area contributed by atoms with Gasteiger partial charge in [-0.15, -0.1) is 0 Å². The van der Waals surface area contributed by atoms with E-state index in [1.807, 2.05) is 6.07 Å². The highest BCUT2D eigenvalue weighted by Gasteiger charge is 2.25. The smallest absolute Gasteiger partial charge is 0.335 e. The number of hydrogen-bond donors (Lipinski definition) is 5. The molecule has 4 aromatic carbocycles. The van der Waals surface area contributed by atoms with E-state index >= 15 is 0 Å². The Balaban J connectivity index is 1.22. The molecule has 6 N–H and O–H groups in total. The molecular weight excluding hydrogens is 771 g/mol. The van der Waals surface area contributed by atoms with Crippen molar-refractivity contribution in [2.24, 2.45) is 12.8 Å². The number of carbonyl (C=O) groups is 7. The molecule has 0 bridgehead atoms. The van der Waals surface area contributed by atoms with E-state index in [2.05, 4.69) is 10.6 Å². The van der Waals surface area contributed by atoms with E-state index in [0.717, 1.165) is 0 Å². The Morgan fingerprint density at radius 2 is 1.38 bits per heavy atom. The topological polar surface area (TPSA) is 248 Å². The van der Waals surface area contributed by atoms with Crippen LogP contribution < -0.4 is 21.1 Å². The van der Waals surface area contributed by atoms with Crippen LogP contribution in [0.3, 0.4) is 0 Å². The molecule has 306 valence electrons. The number of phenolic OH excluding ortho intramolecular Hbond substituents is 1. The number of aromatic hydroxyl groups is 1. The zero-order chi connectivity index (χ0) is 43.7. The molecule has 1 atom stereocenters. The van der Waals surface area contributed by atoms with Crippen LogP contribution in [-0.4, -0.2) is 68.0 Å². The van der Waals surface area contributed by atoms with Gasteiger partial charge in [-0.2, -0.15) is 5.26 Å². The highest BCUT2D eigenvalue weighted by atomic mass is 16.5. The average molecular weight is 812 g/mol. The number of nitrogens with zero attached hydrogens (tertiary/aromatic N) is 2. The maximum absolute atomic E-state index is 13.4. The first-order chi connectivity index (χ1) is 28.5. The number of aromatic carboxylic acids is 1. The fourth-order valence-electron chi connectivity index (χ4n) is 6.24. The molecule has 60 heavy (non-hydrogen) atoms. The van der Waals surface area contributed by atoms with Crippen LogP contribution in [0.1, 0.15) is 94.4 Å². The number of anilines is 1. The molecule has 0 spiro atoms. The van der Waals surface area contributed by atoms with Gasteiger partial charge in [-0.1, -0.05) is 42.5 Å². The summed E-state index contributed by atoms with van der Waals surface area (Å²) in [7, 11) is 1.63. The molecule has 0 unspecified atom stereocenters. The van der Waals surface area contributed by atoms with E-state index in [0.29, 0.717) is 27.9 Å². The number of carboxylic acids is 1. The van der Waals surface area contributed by atoms with Crippen LogP contribution in [0, 0.1) is 11.3 Å². The summed E-state index contributed by atoms with van der Waals surface area (Å²) in [6.07, 6.45) is 0.117. The normalized spacial score (nSPS) is 11.2. The van der Waals surface area contributed by atoms with Crippen LogP contribution in [0.15, 0.2) is 97.2 Å². The molecule has 1 aromatic heterocycles. The number of ether oxygens (including phenoxy) is 1. The number of carbonyl (C=O) groups excluding carboxylic acids is 6. The number of rotatable bonds is 18. The van der Waals surface area contributed by atoms with Crippen LogP contribution in [0.2, 0.25) is 0 Å². The van der Waals surface area contributed by atoms with Gasteiger partial charge in [0.05, 0.1) is 35.3 Å². The molecule has 0 aliphatic carbocycles. The van der Waals surface area contributed by atoms with Gasteiger partial charge in [0.25, 0.3) is 11.8 Å². The number of ketones is 3. The lowest BCUT2D eigenvalue weighted by atomic mass is 9.95. The van der Waals surface area contributed by atoms with Crippen LogP contribution in [0.25, 0.3) is 0 Å². The molecule has 5 aromatic rings. The highest BCUT2D eigenvalue weighted by molar-refractivity contribution is 6.05. The molecule has 0 saturated heterocycles. The second kappa shape index (κ2) is 19.1. The van der Waals surface area contributed by atoms with Crippen molar-refractivity contribution in [2.45, 2.75) is 51.7 Å². The predicted molar refractivity (Wildman–Crippen MR) is 218 cm³/mol. The largest absolute Gasteiger partial charge is 0.504 e. The van der Waals surface area contributed by atoms with Crippen LogP contribution >= 0.6 is 0 Å². The van der Waals surface area contributed by atoms with Crippen molar-refractivity contribution in [2.75, 3.05) is 5.32 Å². The molecule has 0 fully saturated rings. The maximum atomic E-state index is 13.4. The van der Waals surface area contributed by atoms with Crippen molar-refractivity contribution in [3.8, 4) is 17.6 Å². The first-order valence-electron chi connectivity index (χ1n) is 18.6. The van der Waals surface area contributed by atoms with Gasteiger partial charge in [-0.05, 0) is 73.5 Å². The number of benzene rings is 4. The monoisotopic (exact) mass is 811 g/mol. The summed E-state index contributed by atoms with van der Waals surface area (Å²) in [5.41, 5.74) is 8.20. The quantitative estimate of drug-likeness (QED) is 0.0739. The van der Waals surface area contributed by atoms with E-state index in [1.54, 1.807) is 33.0 Å². The number of nitrogens with one attached hydrogen (secondary N) is 2. The van der Waals surface area contributed by atoms with Crippen molar-refractivity contribution in [3.63, 3.8) is 0 Å². The van der Waals surface area contributed by atoms with Crippen molar-refractivity contribution in [1.82, 2.24) is 9.88 Å². The zero-order valence-corrected chi connectivity index (χ0v) is 32.9. The molecule has 5 rings (SSSR count). The second-order valence-corrected chi connectivity index (χ2v) is 14.2. The maximum Gasteiger partial charge on any atom is 0.335 e. The predicted octanol–water partition coefficient (Wildman–Crippen LogP) is 4.98. The van der Waals surface area contributed by atoms with Gasteiger partial charge in [0.2, 0.25) is 5.91 Å². The molecule has 15 nitrogen and oxygen atoms in total. The summed E-state index contributed by atoms with van der Waals surface area (Å²) in [6.45, 7) is 3.45. The lowest BCUT2D eigenvalue weighted by molar-refractivity contribution is -0.125. The Labute approximate surface area is 344 Å². The van der Waals surface area contributed by atoms with Gasteiger partial charge < -0.3 is 35.9 Å². The molecule has 0 aliphatic rings. The van der Waals surface area contributed by atoms with Gasteiger partial charge in [0.15, 0.2) is 28.8 Å². The number of nitriles is 1. The van der Waals surface area contributed by atoms with E-state index in [4.69, 9.17) is 20.8 Å². The number of primary amides is 1. The number of phenols is 1. The minimum Gasteiger partial charge on any atom is -0.504 e. The van der Waals surface area contributed by atoms with Crippen LogP contribution in [0.4, 0.5) is 5.69 Å². The number of aryl methyl sites for hydroxylation is 1. The van der Waals surface area contributed by atoms with Gasteiger partial charge in [0.1, 0.15) is 11.8 Å². The summed E-state index contributed by atoms with van der Waals surface area (Å²) in [5, 5.41) is 34.6. The SMILES string of the molecule is CC(C)Oc1c(CC(=O)c2ccc(CC(=O)[C@H](CC(N)=O)NC(=O)c3ccc(NC(=O)c4cc(C#N)cn4C)cc3)cc2)ccc(C(=O)Cc2ccc(C(=O)O)cc2)c1O. The summed E-state index contributed by atoms with van der Waals surface area (Å²) in [4.78, 5) is 88.8.